The average molecular weight is 423 g/mol. The maximum atomic E-state index is 12.9. The number of piperidine rings is 1. The van der Waals surface area contributed by atoms with E-state index >= 15 is 0 Å². The molecule has 3 heterocycles. The van der Waals surface area contributed by atoms with Crippen molar-refractivity contribution in [2.24, 2.45) is 5.92 Å². The molecule has 164 valence electrons. The Morgan fingerprint density at radius 2 is 1.87 bits per heavy atom. The van der Waals surface area contributed by atoms with Gasteiger partial charge in [-0.05, 0) is 62.3 Å². The lowest BCUT2D eigenvalue weighted by Crippen LogP contribution is -2.34. The number of pyridine rings is 1. The summed E-state index contributed by atoms with van der Waals surface area (Å²) in [5, 5.41) is 0. The summed E-state index contributed by atoms with van der Waals surface area (Å²) in [5.74, 6) is 1.28. The fourth-order valence-corrected chi connectivity index (χ4v) is 4.39. The van der Waals surface area contributed by atoms with Crippen LogP contribution >= 0.6 is 0 Å². The van der Waals surface area contributed by atoms with Crippen molar-refractivity contribution in [3.05, 3.63) is 54.1 Å². The van der Waals surface area contributed by atoms with E-state index in [-0.39, 0.29) is 5.82 Å². The first kappa shape index (κ1) is 22.1. The summed E-state index contributed by atoms with van der Waals surface area (Å²) in [4.78, 5) is 8.65. The summed E-state index contributed by atoms with van der Waals surface area (Å²) in [6.45, 7) is 4.88. The highest BCUT2D eigenvalue weighted by molar-refractivity contribution is 6.04. The molecular weight excluding hydrogens is 392 g/mol. The Labute approximate surface area is 186 Å². The lowest BCUT2D eigenvalue weighted by atomic mass is 9.94. The van der Waals surface area contributed by atoms with E-state index in [0.29, 0.717) is 25.2 Å². The van der Waals surface area contributed by atoms with Crippen LogP contribution < -0.4 is 9.64 Å². The molecule has 0 amide bonds. The van der Waals surface area contributed by atoms with Gasteiger partial charge < -0.3 is 19.2 Å². The van der Waals surface area contributed by atoms with Gasteiger partial charge >= 0.3 is 0 Å². The quantitative estimate of drug-likeness (QED) is 0.451. The number of benzene rings is 1. The molecule has 1 aromatic carbocycles. The van der Waals surface area contributed by atoms with Crippen LogP contribution in [0.5, 0.6) is 5.75 Å². The van der Waals surface area contributed by atoms with E-state index in [9.17, 15) is 4.39 Å². The van der Waals surface area contributed by atoms with Gasteiger partial charge in [0.2, 0.25) is 0 Å². The largest absolute Gasteiger partial charge is 0.490 e. The minimum atomic E-state index is -0.209. The van der Waals surface area contributed by atoms with Gasteiger partial charge in [0.05, 0.1) is 24.7 Å². The Kier molecular flexibility index (Phi) is 7.81. The first-order chi connectivity index (χ1) is 15.2. The van der Waals surface area contributed by atoms with Gasteiger partial charge in [-0.15, -0.1) is 0 Å². The van der Waals surface area contributed by atoms with Crippen LogP contribution in [0.2, 0.25) is 0 Å². The van der Waals surface area contributed by atoms with E-state index in [4.69, 9.17) is 17.5 Å². The maximum absolute atomic E-state index is 12.9. The molecule has 0 aliphatic carbocycles. The monoisotopic (exact) mass is 423 g/mol. The molecule has 0 spiro atoms. The van der Waals surface area contributed by atoms with Crippen LogP contribution in [0.15, 0.2) is 42.7 Å². The molecule has 2 saturated heterocycles. The Balaban J connectivity index is 1.16. The lowest BCUT2D eigenvalue weighted by molar-refractivity contribution is 0.104. The Bertz CT molecular complexity index is 815. The van der Waals surface area contributed by atoms with Gasteiger partial charge in [0.1, 0.15) is 18.2 Å². The van der Waals surface area contributed by atoms with Crippen LogP contribution in [0.3, 0.4) is 0 Å². The summed E-state index contributed by atoms with van der Waals surface area (Å²) in [6, 6.07) is 8.90. The van der Waals surface area contributed by atoms with Crippen molar-refractivity contribution in [3.63, 3.8) is 0 Å². The van der Waals surface area contributed by atoms with Crippen molar-refractivity contribution in [3.8, 4) is 5.75 Å². The normalized spacial score (nSPS) is 20.3. The number of halogens is 1. The average Bonchev–Trinajstić information content (AvgIpc) is 3.22. The fourth-order valence-electron chi connectivity index (χ4n) is 4.39. The highest BCUT2D eigenvalue weighted by Crippen LogP contribution is 2.27. The summed E-state index contributed by atoms with van der Waals surface area (Å²) >= 11 is 0. The number of anilines is 1. The topological polar surface area (TPSA) is 37.8 Å². The number of nitrogens with zero attached hydrogens (tertiary/aromatic N) is 3. The van der Waals surface area contributed by atoms with Crippen LogP contribution in [0.4, 0.5) is 10.1 Å². The highest BCUT2D eigenvalue weighted by Gasteiger charge is 2.22. The third kappa shape index (κ3) is 6.43. The Hall–Kier alpha value is -2.12. The zero-order valence-electron chi connectivity index (χ0n) is 18.1. The molecule has 1 aromatic heterocycles. The van der Waals surface area contributed by atoms with Gasteiger partial charge in [-0.1, -0.05) is 12.1 Å². The first-order valence-electron chi connectivity index (χ1n) is 11.3. The molecule has 0 unspecified atom stereocenters. The molecule has 4 rings (SSSR count). The molecular formula is C24H31BFN3O2. The number of hydrogen-bond donors (Lipinski definition) is 0. The zero-order chi connectivity index (χ0) is 21.5. The maximum Gasteiger partial charge on any atom is 0.183 e. The standard InChI is InChI=1S/C24H31BFN3O2/c25-29-10-1-2-22(29)18-31-24-14-23(15-27-16-24)28-11-7-19(8-12-28)9-13-30-17-20-3-5-21(26)6-4-20/h3-6,14-16,19,22H,1-2,7-13,17-18H2/t22-/m0/s1. The molecule has 2 aliphatic rings. The van der Waals surface area contributed by atoms with Crippen molar-refractivity contribution in [2.75, 3.05) is 37.7 Å². The number of rotatable bonds is 9. The van der Waals surface area contributed by atoms with E-state index in [2.05, 4.69) is 16.0 Å². The van der Waals surface area contributed by atoms with Crippen LogP contribution in [-0.4, -0.2) is 56.7 Å². The van der Waals surface area contributed by atoms with Crippen LogP contribution in [0, 0.1) is 11.7 Å². The van der Waals surface area contributed by atoms with Crippen LogP contribution in [-0.2, 0) is 11.3 Å². The molecule has 7 heteroatoms. The molecule has 1 atom stereocenters. The van der Waals surface area contributed by atoms with Crippen LogP contribution in [0.25, 0.3) is 0 Å². The Morgan fingerprint density at radius 3 is 2.61 bits per heavy atom. The van der Waals surface area contributed by atoms with E-state index in [0.717, 1.165) is 75.3 Å². The molecule has 2 radical (unpaired) electrons. The van der Waals surface area contributed by atoms with E-state index in [1.165, 1.54) is 12.1 Å². The smallest absolute Gasteiger partial charge is 0.183 e. The summed E-state index contributed by atoms with van der Waals surface area (Å²) in [6.07, 6.45) is 9.28. The third-order valence-corrected chi connectivity index (χ3v) is 6.40. The van der Waals surface area contributed by atoms with E-state index in [1.54, 1.807) is 18.3 Å². The molecule has 31 heavy (non-hydrogen) atoms. The van der Waals surface area contributed by atoms with Gasteiger partial charge in [0.15, 0.2) is 7.98 Å². The van der Waals surface area contributed by atoms with Crippen molar-refractivity contribution in [1.29, 1.82) is 0 Å². The number of ether oxygens (including phenoxy) is 2. The molecule has 5 nitrogen and oxygen atoms in total. The molecule has 0 bridgehead atoms. The van der Waals surface area contributed by atoms with Crippen molar-refractivity contribution in [1.82, 2.24) is 9.79 Å². The van der Waals surface area contributed by atoms with Crippen molar-refractivity contribution < 1.29 is 13.9 Å². The van der Waals surface area contributed by atoms with Gasteiger partial charge in [-0.2, -0.15) is 0 Å². The summed E-state index contributed by atoms with van der Waals surface area (Å²) in [5.41, 5.74) is 2.14. The van der Waals surface area contributed by atoms with Gasteiger partial charge in [-0.3, -0.25) is 4.98 Å². The second kappa shape index (κ2) is 11.0. The molecule has 2 aromatic rings. The van der Waals surface area contributed by atoms with Gasteiger partial charge in [0, 0.05) is 31.8 Å². The minimum Gasteiger partial charge on any atom is -0.490 e. The molecule has 2 aliphatic heterocycles. The molecule has 0 N–H and O–H groups in total. The van der Waals surface area contributed by atoms with E-state index < -0.39 is 0 Å². The molecule has 2 fully saturated rings. The highest BCUT2D eigenvalue weighted by atomic mass is 19.1. The van der Waals surface area contributed by atoms with Crippen LogP contribution in [0.1, 0.15) is 37.7 Å². The van der Waals surface area contributed by atoms with Gasteiger partial charge in [0.25, 0.3) is 0 Å². The predicted molar refractivity (Wildman–Crippen MR) is 121 cm³/mol. The van der Waals surface area contributed by atoms with E-state index in [1.807, 2.05) is 11.0 Å². The summed E-state index contributed by atoms with van der Waals surface area (Å²) < 4.78 is 24.7. The third-order valence-electron chi connectivity index (χ3n) is 6.40. The predicted octanol–water partition coefficient (Wildman–Crippen LogP) is 3.97. The van der Waals surface area contributed by atoms with Gasteiger partial charge in [-0.25, -0.2) is 4.39 Å². The SMILES string of the molecule is [B]N1CCC[C@H]1COc1cncc(N2CCC(CCOCc3ccc(F)cc3)CC2)c1. The second-order valence-corrected chi connectivity index (χ2v) is 8.62. The minimum absolute atomic E-state index is 0.209. The lowest BCUT2D eigenvalue weighted by Gasteiger charge is -2.33. The van der Waals surface area contributed by atoms with Crippen molar-refractivity contribution in [2.45, 2.75) is 44.8 Å². The zero-order valence-corrected chi connectivity index (χ0v) is 18.1. The van der Waals surface area contributed by atoms with Crippen molar-refractivity contribution >= 4 is 13.7 Å². The second-order valence-electron chi connectivity index (χ2n) is 8.62. The molecule has 0 saturated carbocycles. The summed E-state index contributed by atoms with van der Waals surface area (Å²) in [7, 11) is 5.99. The number of hydrogen-bond acceptors (Lipinski definition) is 5. The Morgan fingerprint density at radius 1 is 1.06 bits per heavy atom. The fraction of sp³-hybridized carbons (Fsp3) is 0.542. The number of aromatic nitrogens is 1. The first-order valence-corrected chi connectivity index (χ1v) is 11.3.